The summed E-state index contributed by atoms with van der Waals surface area (Å²) in [7, 11) is 1.21. The predicted octanol–water partition coefficient (Wildman–Crippen LogP) is 0.934. The van der Waals surface area contributed by atoms with Gasteiger partial charge < -0.3 is 4.74 Å². The summed E-state index contributed by atoms with van der Waals surface area (Å²) < 4.78 is 4.55. The quantitative estimate of drug-likeness (QED) is 0.644. The van der Waals surface area contributed by atoms with Crippen LogP contribution in [0.1, 0.15) is 6.42 Å². The number of nitrogens with zero attached hydrogens (tertiary/aromatic N) is 1. The van der Waals surface area contributed by atoms with Gasteiger partial charge in [0.1, 0.15) is 5.70 Å². The highest BCUT2D eigenvalue weighted by Crippen LogP contribution is 2.36. The van der Waals surface area contributed by atoms with E-state index in [2.05, 4.69) is 10.2 Å². The Labute approximate surface area is 130 Å². The molecular formula is C14H11ClN2O5. The van der Waals surface area contributed by atoms with Crippen LogP contribution in [-0.4, -0.2) is 30.5 Å². The Morgan fingerprint density at radius 1 is 1.36 bits per heavy atom. The number of anilines is 1. The lowest BCUT2D eigenvalue weighted by Gasteiger charge is -2.18. The Hall–Kier alpha value is -2.38. The van der Waals surface area contributed by atoms with Crippen molar-refractivity contribution in [3.05, 3.63) is 41.1 Å². The minimum absolute atomic E-state index is 0.0124. The third-order valence-electron chi connectivity index (χ3n) is 3.44. The number of esters is 1. The van der Waals surface area contributed by atoms with Crippen LogP contribution in [0.15, 0.2) is 36.0 Å². The first kappa shape index (κ1) is 14.6. The first-order valence-electron chi connectivity index (χ1n) is 6.35. The van der Waals surface area contributed by atoms with E-state index in [1.807, 2.05) is 0 Å². The van der Waals surface area contributed by atoms with Gasteiger partial charge in [-0.1, -0.05) is 11.6 Å². The van der Waals surface area contributed by atoms with Crippen LogP contribution in [0.2, 0.25) is 5.02 Å². The SMILES string of the molecule is COC(=O)C1=C[C@]2(CC(=O)N(c3ccc(Cl)cc3)C2=O)ON1. The minimum atomic E-state index is -1.53. The molecule has 1 aromatic rings. The second-order valence-electron chi connectivity index (χ2n) is 4.83. The zero-order valence-corrected chi connectivity index (χ0v) is 12.2. The molecule has 8 heteroatoms. The molecule has 2 heterocycles. The molecule has 7 nitrogen and oxygen atoms in total. The molecule has 1 N–H and O–H groups in total. The van der Waals surface area contributed by atoms with Gasteiger partial charge in [0.25, 0.3) is 5.91 Å². The first-order chi connectivity index (χ1) is 10.5. The van der Waals surface area contributed by atoms with Crippen molar-refractivity contribution in [2.24, 2.45) is 0 Å². The molecule has 1 fully saturated rings. The van der Waals surface area contributed by atoms with Gasteiger partial charge in [-0.15, -0.1) is 0 Å². The van der Waals surface area contributed by atoms with E-state index in [1.54, 1.807) is 24.3 Å². The van der Waals surface area contributed by atoms with Crippen molar-refractivity contribution in [2.45, 2.75) is 12.0 Å². The fourth-order valence-electron chi connectivity index (χ4n) is 2.37. The van der Waals surface area contributed by atoms with Crippen LogP contribution in [0.5, 0.6) is 0 Å². The molecule has 3 rings (SSSR count). The second kappa shape index (κ2) is 5.11. The number of rotatable bonds is 2. The van der Waals surface area contributed by atoms with Crippen LogP contribution in [0.3, 0.4) is 0 Å². The van der Waals surface area contributed by atoms with Gasteiger partial charge in [0, 0.05) is 5.02 Å². The molecular weight excluding hydrogens is 312 g/mol. The summed E-state index contributed by atoms with van der Waals surface area (Å²) in [4.78, 5) is 42.5. The third-order valence-corrected chi connectivity index (χ3v) is 3.69. The molecule has 0 unspecified atom stereocenters. The fourth-order valence-corrected chi connectivity index (χ4v) is 2.50. The maximum absolute atomic E-state index is 12.6. The summed E-state index contributed by atoms with van der Waals surface area (Å²) in [5, 5.41) is 0.490. The van der Waals surface area contributed by atoms with Crippen LogP contribution in [-0.2, 0) is 24.0 Å². The Kier molecular flexibility index (Phi) is 3.38. The first-order valence-corrected chi connectivity index (χ1v) is 6.73. The van der Waals surface area contributed by atoms with Gasteiger partial charge in [-0.3, -0.25) is 19.9 Å². The van der Waals surface area contributed by atoms with Crippen LogP contribution < -0.4 is 10.4 Å². The number of hydrogen-bond donors (Lipinski definition) is 1. The molecule has 1 atom stereocenters. The second-order valence-corrected chi connectivity index (χ2v) is 5.27. The van der Waals surface area contributed by atoms with E-state index in [-0.39, 0.29) is 12.1 Å². The number of imide groups is 1. The number of carbonyl (C=O) groups excluding carboxylic acids is 3. The van der Waals surface area contributed by atoms with E-state index >= 15 is 0 Å². The van der Waals surface area contributed by atoms with Crippen molar-refractivity contribution < 1.29 is 24.0 Å². The number of amides is 2. The molecule has 1 aromatic carbocycles. The van der Waals surface area contributed by atoms with Gasteiger partial charge in [0.05, 0.1) is 19.2 Å². The third kappa shape index (κ3) is 2.15. The smallest absolute Gasteiger partial charge is 0.356 e. The molecule has 2 amide bonds. The number of halogens is 1. The van der Waals surface area contributed by atoms with Crippen molar-refractivity contribution in [3.63, 3.8) is 0 Å². The van der Waals surface area contributed by atoms with E-state index in [0.29, 0.717) is 10.7 Å². The minimum Gasteiger partial charge on any atom is -0.464 e. The monoisotopic (exact) mass is 322 g/mol. The molecule has 1 saturated heterocycles. The topological polar surface area (TPSA) is 84.9 Å². The van der Waals surface area contributed by atoms with E-state index in [9.17, 15) is 14.4 Å². The number of ether oxygens (including phenoxy) is 1. The highest BCUT2D eigenvalue weighted by atomic mass is 35.5. The summed E-state index contributed by atoms with van der Waals surface area (Å²) in [5.41, 5.74) is 1.19. The van der Waals surface area contributed by atoms with Crippen LogP contribution in [0.25, 0.3) is 0 Å². The summed E-state index contributed by atoms with van der Waals surface area (Å²) in [6.45, 7) is 0. The molecule has 22 heavy (non-hydrogen) atoms. The van der Waals surface area contributed by atoms with E-state index in [4.69, 9.17) is 16.4 Å². The standard InChI is InChI=1S/C14H11ClN2O5/c1-21-12(19)10-6-14(22-16-10)7-11(18)17(13(14)20)9-4-2-8(15)3-5-9/h2-6,16H,7H2,1H3/t14-/m1/s1. The molecule has 0 aromatic heterocycles. The van der Waals surface area contributed by atoms with Gasteiger partial charge in [0.15, 0.2) is 0 Å². The maximum atomic E-state index is 12.6. The number of carbonyl (C=O) groups is 3. The Morgan fingerprint density at radius 2 is 2.05 bits per heavy atom. The zero-order chi connectivity index (χ0) is 15.9. The number of hydroxylamine groups is 1. The molecule has 1 spiro atoms. The Bertz CT molecular complexity index is 700. The zero-order valence-electron chi connectivity index (χ0n) is 11.5. The molecule has 0 radical (unpaired) electrons. The lowest BCUT2D eigenvalue weighted by molar-refractivity contribution is -0.142. The van der Waals surface area contributed by atoms with E-state index < -0.39 is 23.4 Å². The van der Waals surface area contributed by atoms with Crippen molar-refractivity contribution in [1.29, 1.82) is 0 Å². The van der Waals surface area contributed by atoms with Crippen molar-refractivity contribution >= 4 is 35.1 Å². The number of hydrogen-bond acceptors (Lipinski definition) is 6. The van der Waals surface area contributed by atoms with Gasteiger partial charge in [-0.2, -0.15) is 0 Å². The molecule has 0 saturated carbocycles. The predicted molar refractivity (Wildman–Crippen MR) is 75.6 cm³/mol. The van der Waals surface area contributed by atoms with Crippen LogP contribution in [0.4, 0.5) is 5.69 Å². The van der Waals surface area contributed by atoms with Crippen LogP contribution in [0, 0.1) is 0 Å². The highest BCUT2D eigenvalue weighted by molar-refractivity contribution is 6.31. The average molecular weight is 323 g/mol. The van der Waals surface area contributed by atoms with Gasteiger partial charge >= 0.3 is 5.97 Å². The summed E-state index contributed by atoms with van der Waals surface area (Å²) in [6, 6.07) is 6.27. The number of benzene rings is 1. The van der Waals surface area contributed by atoms with Crippen LogP contribution >= 0.6 is 11.6 Å². The van der Waals surface area contributed by atoms with E-state index in [0.717, 1.165) is 4.90 Å². The average Bonchev–Trinajstić information content (AvgIpc) is 3.03. The normalized spacial score (nSPS) is 23.7. The Balaban J connectivity index is 1.94. The van der Waals surface area contributed by atoms with Crippen molar-refractivity contribution in [2.75, 3.05) is 12.0 Å². The maximum Gasteiger partial charge on any atom is 0.356 e. The largest absolute Gasteiger partial charge is 0.464 e. The molecule has 2 aliphatic heterocycles. The number of methoxy groups -OCH3 is 1. The van der Waals surface area contributed by atoms with Crippen molar-refractivity contribution in [1.82, 2.24) is 5.48 Å². The summed E-state index contributed by atoms with van der Waals surface area (Å²) in [6.07, 6.45) is 1.07. The molecule has 2 aliphatic rings. The lowest BCUT2D eigenvalue weighted by atomic mass is 10.0. The fraction of sp³-hybridized carbons (Fsp3) is 0.214. The summed E-state index contributed by atoms with van der Waals surface area (Å²) >= 11 is 5.80. The highest BCUT2D eigenvalue weighted by Gasteiger charge is 2.56. The molecule has 0 bridgehead atoms. The molecule has 0 aliphatic carbocycles. The van der Waals surface area contributed by atoms with E-state index in [1.165, 1.54) is 13.2 Å². The van der Waals surface area contributed by atoms with Crippen molar-refractivity contribution in [3.8, 4) is 0 Å². The Morgan fingerprint density at radius 3 is 2.68 bits per heavy atom. The lowest BCUT2D eigenvalue weighted by Crippen LogP contribution is -2.40. The summed E-state index contributed by atoms with van der Waals surface area (Å²) in [5.74, 6) is -1.69. The molecule has 114 valence electrons. The number of nitrogens with one attached hydrogen (secondary N) is 1. The van der Waals surface area contributed by atoms with Gasteiger partial charge in [-0.25, -0.2) is 9.69 Å². The van der Waals surface area contributed by atoms with Gasteiger partial charge in [0.2, 0.25) is 11.5 Å². The van der Waals surface area contributed by atoms with Gasteiger partial charge in [-0.05, 0) is 30.3 Å².